The minimum atomic E-state index is 0.211. The van der Waals surface area contributed by atoms with E-state index in [4.69, 9.17) is 15.0 Å². The molecule has 0 saturated carbocycles. The smallest absolute Gasteiger partial charge is 0.266 e. The molecule has 0 fully saturated rings. The van der Waals surface area contributed by atoms with Crippen molar-refractivity contribution in [1.82, 2.24) is 10.1 Å². The zero-order valence-corrected chi connectivity index (χ0v) is 11.2. The quantitative estimate of drug-likeness (QED) is 0.803. The normalized spacial score (nSPS) is 10.4. The molecule has 6 heteroatoms. The van der Waals surface area contributed by atoms with E-state index >= 15 is 0 Å². The summed E-state index contributed by atoms with van der Waals surface area (Å²) in [6.07, 6.45) is 0. The molecule has 0 aliphatic carbocycles. The Morgan fingerprint density at radius 2 is 2.00 bits per heavy atom. The van der Waals surface area contributed by atoms with Crippen LogP contribution in [0.15, 0.2) is 28.8 Å². The van der Waals surface area contributed by atoms with E-state index in [1.165, 1.54) is 0 Å². The summed E-state index contributed by atoms with van der Waals surface area (Å²) in [6.45, 7) is 5.97. The number of para-hydroxylation sites is 2. The van der Waals surface area contributed by atoms with Crippen molar-refractivity contribution in [2.24, 2.45) is 0 Å². The van der Waals surface area contributed by atoms with Crippen molar-refractivity contribution < 1.29 is 9.26 Å². The molecule has 0 radical (unpaired) electrons. The maximum Gasteiger partial charge on any atom is 0.266 e. The van der Waals surface area contributed by atoms with Crippen LogP contribution in [0.3, 0.4) is 0 Å². The summed E-state index contributed by atoms with van der Waals surface area (Å²) in [4.78, 5) is 6.28. The van der Waals surface area contributed by atoms with E-state index in [-0.39, 0.29) is 6.61 Å². The number of hydrogen-bond acceptors (Lipinski definition) is 6. The molecule has 102 valence electrons. The van der Waals surface area contributed by atoms with E-state index in [1.807, 2.05) is 30.9 Å². The van der Waals surface area contributed by atoms with E-state index in [0.29, 0.717) is 23.3 Å². The fourth-order valence-corrected chi connectivity index (χ4v) is 1.69. The molecule has 6 nitrogen and oxygen atoms in total. The number of hydrogen-bond donors (Lipinski definition) is 1. The van der Waals surface area contributed by atoms with Gasteiger partial charge < -0.3 is 19.9 Å². The van der Waals surface area contributed by atoms with Crippen molar-refractivity contribution in [3.63, 3.8) is 0 Å². The number of anilines is 2. The Kier molecular flexibility index (Phi) is 4.22. The second-order valence-electron chi connectivity index (χ2n) is 3.99. The second-order valence-corrected chi connectivity index (χ2v) is 3.99. The first-order valence-electron chi connectivity index (χ1n) is 6.29. The topological polar surface area (TPSA) is 77.4 Å². The Hall–Kier alpha value is -2.24. The lowest BCUT2D eigenvalue weighted by atomic mass is 10.3. The Bertz CT molecular complexity index is 523. The summed E-state index contributed by atoms with van der Waals surface area (Å²) in [7, 11) is 0. The number of nitrogens with two attached hydrogens (primary N) is 1. The molecule has 19 heavy (non-hydrogen) atoms. The van der Waals surface area contributed by atoms with Gasteiger partial charge in [0.2, 0.25) is 0 Å². The first-order valence-corrected chi connectivity index (χ1v) is 6.29. The zero-order valence-electron chi connectivity index (χ0n) is 11.2. The SMILES string of the molecule is CCN(CC)c1noc(COc2ccccc2N)n1. The zero-order chi connectivity index (χ0) is 13.7. The highest BCUT2D eigenvalue weighted by molar-refractivity contribution is 5.51. The van der Waals surface area contributed by atoms with Crippen molar-refractivity contribution >= 4 is 11.6 Å². The third-order valence-electron chi connectivity index (χ3n) is 2.77. The van der Waals surface area contributed by atoms with Crippen LogP contribution in [-0.4, -0.2) is 23.2 Å². The van der Waals surface area contributed by atoms with E-state index in [0.717, 1.165) is 13.1 Å². The average Bonchev–Trinajstić information content (AvgIpc) is 2.88. The summed E-state index contributed by atoms with van der Waals surface area (Å²) in [5.74, 6) is 1.64. The predicted molar refractivity (Wildman–Crippen MR) is 73.0 cm³/mol. The molecule has 1 heterocycles. The highest BCUT2D eigenvalue weighted by atomic mass is 16.5. The number of nitrogens with zero attached hydrogens (tertiary/aromatic N) is 3. The van der Waals surface area contributed by atoms with Crippen molar-refractivity contribution in [3.8, 4) is 5.75 Å². The molecule has 1 aromatic heterocycles. The molecular formula is C13H18N4O2. The summed E-state index contributed by atoms with van der Waals surface area (Å²) >= 11 is 0. The average molecular weight is 262 g/mol. The molecule has 2 aromatic rings. The molecule has 0 amide bonds. The standard InChI is InChI=1S/C13H18N4O2/c1-3-17(4-2)13-15-12(19-16-13)9-18-11-8-6-5-7-10(11)14/h5-8H,3-4,9,14H2,1-2H3. The molecule has 0 saturated heterocycles. The molecule has 0 unspecified atom stereocenters. The Balaban J connectivity index is 1.99. The van der Waals surface area contributed by atoms with Crippen molar-refractivity contribution in [1.29, 1.82) is 0 Å². The van der Waals surface area contributed by atoms with Gasteiger partial charge >= 0.3 is 0 Å². The molecule has 2 rings (SSSR count). The molecular weight excluding hydrogens is 244 g/mol. The van der Waals surface area contributed by atoms with Gasteiger partial charge in [0.05, 0.1) is 5.69 Å². The highest BCUT2D eigenvalue weighted by Gasteiger charge is 2.11. The second kappa shape index (κ2) is 6.08. The fourth-order valence-electron chi connectivity index (χ4n) is 1.69. The largest absolute Gasteiger partial charge is 0.482 e. The van der Waals surface area contributed by atoms with Crippen LogP contribution in [0.2, 0.25) is 0 Å². The number of ether oxygens (including phenoxy) is 1. The predicted octanol–water partition coefficient (Wildman–Crippen LogP) is 2.08. The van der Waals surface area contributed by atoms with Gasteiger partial charge in [0.25, 0.3) is 11.8 Å². The van der Waals surface area contributed by atoms with Crippen LogP contribution in [0.4, 0.5) is 11.6 Å². The van der Waals surface area contributed by atoms with Crippen molar-refractivity contribution in [2.75, 3.05) is 23.7 Å². The van der Waals surface area contributed by atoms with Gasteiger partial charge in [0.1, 0.15) is 5.75 Å². The van der Waals surface area contributed by atoms with E-state index in [9.17, 15) is 0 Å². The van der Waals surface area contributed by atoms with E-state index < -0.39 is 0 Å². The minimum absolute atomic E-state index is 0.211. The summed E-state index contributed by atoms with van der Waals surface area (Å²) in [5, 5.41) is 3.92. The van der Waals surface area contributed by atoms with Gasteiger partial charge in [-0.1, -0.05) is 12.1 Å². The van der Waals surface area contributed by atoms with Gasteiger partial charge in [-0.2, -0.15) is 4.98 Å². The summed E-state index contributed by atoms with van der Waals surface area (Å²) in [6, 6.07) is 7.30. The molecule has 0 atom stereocenters. The third-order valence-corrected chi connectivity index (χ3v) is 2.77. The van der Waals surface area contributed by atoms with Crippen LogP contribution in [0, 0.1) is 0 Å². The van der Waals surface area contributed by atoms with E-state index in [1.54, 1.807) is 12.1 Å². The Morgan fingerprint density at radius 3 is 2.68 bits per heavy atom. The summed E-state index contributed by atoms with van der Waals surface area (Å²) in [5.41, 5.74) is 6.37. The van der Waals surface area contributed by atoms with Gasteiger partial charge in [-0.3, -0.25) is 0 Å². The number of rotatable bonds is 6. The number of benzene rings is 1. The van der Waals surface area contributed by atoms with Crippen molar-refractivity contribution in [2.45, 2.75) is 20.5 Å². The first kappa shape index (κ1) is 13.2. The van der Waals surface area contributed by atoms with Crippen LogP contribution in [0.1, 0.15) is 19.7 Å². The maximum absolute atomic E-state index is 5.78. The van der Waals surface area contributed by atoms with Gasteiger partial charge in [0.15, 0.2) is 6.61 Å². The van der Waals surface area contributed by atoms with Gasteiger partial charge in [-0.05, 0) is 31.1 Å². The summed E-state index contributed by atoms with van der Waals surface area (Å²) < 4.78 is 10.7. The first-order chi connectivity index (χ1) is 9.24. The number of aromatic nitrogens is 2. The third kappa shape index (κ3) is 3.15. The lowest BCUT2D eigenvalue weighted by Gasteiger charge is -2.14. The van der Waals surface area contributed by atoms with E-state index in [2.05, 4.69) is 10.1 Å². The number of nitrogen functional groups attached to an aromatic ring is 1. The van der Waals surface area contributed by atoms with Crippen LogP contribution in [0.5, 0.6) is 5.75 Å². The molecule has 0 aliphatic rings. The minimum Gasteiger partial charge on any atom is -0.482 e. The monoisotopic (exact) mass is 262 g/mol. The maximum atomic E-state index is 5.78. The van der Waals surface area contributed by atoms with Crippen LogP contribution < -0.4 is 15.4 Å². The van der Waals surface area contributed by atoms with Gasteiger partial charge in [-0.15, -0.1) is 0 Å². The molecule has 0 aliphatic heterocycles. The Morgan fingerprint density at radius 1 is 1.26 bits per heavy atom. The van der Waals surface area contributed by atoms with Gasteiger partial charge in [-0.25, -0.2) is 0 Å². The van der Waals surface area contributed by atoms with Crippen molar-refractivity contribution in [3.05, 3.63) is 30.2 Å². The van der Waals surface area contributed by atoms with Gasteiger partial charge in [0, 0.05) is 13.1 Å². The molecule has 0 bridgehead atoms. The molecule has 0 spiro atoms. The van der Waals surface area contributed by atoms with Crippen LogP contribution in [-0.2, 0) is 6.61 Å². The highest BCUT2D eigenvalue weighted by Crippen LogP contribution is 2.21. The molecule has 2 N–H and O–H groups in total. The lowest BCUT2D eigenvalue weighted by Crippen LogP contribution is -2.23. The van der Waals surface area contributed by atoms with Crippen LogP contribution in [0.25, 0.3) is 0 Å². The lowest BCUT2D eigenvalue weighted by molar-refractivity contribution is 0.244. The van der Waals surface area contributed by atoms with Crippen LogP contribution >= 0.6 is 0 Å². The Labute approximate surface area is 112 Å². The molecule has 1 aromatic carbocycles. The fraction of sp³-hybridized carbons (Fsp3) is 0.385.